The van der Waals surface area contributed by atoms with E-state index in [1.807, 2.05) is 0 Å². The Hall–Kier alpha value is -2.58. The molecule has 3 aromatic carbocycles. The second kappa shape index (κ2) is 7.59. The maximum absolute atomic E-state index is 3.80. The molecule has 0 fully saturated rings. The van der Waals surface area contributed by atoms with Crippen LogP contribution in [0.1, 0.15) is 52.7 Å². The van der Waals surface area contributed by atoms with Crippen LogP contribution in [0.5, 0.6) is 0 Å². The summed E-state index contributed by atoms with van der Waals surface area (Å²) >= 11 is 1.79. The molecule has 0 spiro atoms. The van der Waals surface area contributed by atoms with Crippen LogP contribution >= 0.6 is 11.3 Å². The summed E-state index contributed by atoms with van der Waals surface area (Å²) in [4.78, 5) is 0. The molecule has 0 saturated heterocycles. The van der Waals surface area contributed by atoms with Crippen molar-refractivity contribution in [2.75, 3.05) is 5.32 Å². The van der Waals surface area contributed by atoms with E-state index >= 15 is 0 Å². The van der Waals surface area contributed by atoms with Gasteiger partial charge in [-0.05, 0) is 39.0 Å². The summed E-state index contributed by atoms with van der Waals surface area (Å²) in [6.07, 6.45) is 0. The van der Waals surface area contributed by atoms with E-state index in [0.717, 1.165) is 0 Å². The largest absolute Gasteiger partial charge is 0.346 e. The molecule has 0 saturated carbocycles. The third kappa shape index (κ3) is 4.02. The van der Waals surface area contributed by atoms with E-state index in [4.69, 9.17) is 0 Å². The van der Waals surface area contributed by atoms with Crippen LogP contribution in [-0.4, -0.2) is 0 Å². The van der Waals surface area contributed by atoms with E-state index < -0.39 is 0 Å². The lowest BCUT2D eigenvalue weighted by Gasteiger charge is -2.22. The topological polar surface area (TPSA) is 12.0 Å². The van der Waals surface area contributed by atoms with Crippen molar-refractivity contribution in [2.24, 2.45) is 0 Å². The van der Waals surface area contributed by atoms with Gasteiger partial charge in [-0.15, -0.1) is 11.3 Å². The summed E-state index contributed by atoms with van der Waals surface area (Å²) < 4.78 is 0. The zero-order valence-corrected chi connectivity index (χ0v) is 19.7. The lowest BCUT2D eigenvalue weighted by atomic mass is 9.84. The smallest absolute Gasteiger partial charge is 0.101 e. The summed E-state index contributed by atoms with van der Waals surface area (Å²) in [6, 6.07) is 24.2. The van der Waals surface area contributed by atoms with Gasteiger partial charge in [0.05, 0.1) is 0 Å². The first kappa shape index (κ1) is 20.7. The highest BCUT2D eigenvalue weighted by Gasteiger charge is 2.20. The van der Waals surface area contributed by atoms with Gasteiger partial charge in [-0.1, -0.05) is 102 Å². The molecule has 0 radical (unpaired) electrons. The normalized spacial score (nSPS) is 12.3. The molecule has 4 rings (SSSR count). The fourth-order valence-corrected chi connectivity index (χ4v) is 4.89. The molecule has 0 bridgehead atoms. The Labute approximate surface area is 184 Å². The Morgan fingerprint density at radius 2 is 1.43 bits per heavy atom. The third-order valence-electron chi connectivity index (χ3n) is 5.67. The van der Waals surface area contributed by atoms with Crippen LogP contribution in [0.15, 0.2) is 72.1 Å². The van der Waals surface area contributed by atoms with E-state index in [1.165, 1.54) is 43.7 Å². The molecular weight excluding hydrogens is 382 g/mol. The molecule has 1 nitrogen and oxygen atoms in total. The predicted molar refractivity (Wildman–Crippen MR) is 134 cm³/mol. The average Bonchev–Trinajstić information content (AvgIpc) is 3.10. The molecular formula is C28H31NS. The third-order valence-corrected chi connectivity index (χ3v) is 6.58. The number of hydrogen-bond acceptors (Lipinski definition) is 2. The fourth-order valence-electron chi connectivity index (χ4n) is 3.93. The molecule has 0 aliphatic heterocycles. The van der Waals surface area contributed by atoms with E-state index in [9.17, 15) is 0 Å². The minimum absolute atomic E-state index is 0.0998. The van der Waals surface area contributed by atoms with Gasteiger partial charge in [-0.2, -0.15) is 0 Å². The Balaban J connectivity index is 1.85. The van der Waals surface area contributed by atoms with E-state index in [1.54, 1.807) is 11.3 Å². The molecule has 0 aliphatic rings. The number of fused-ring (bicyclic) bond motifs is 1. The van der Waals surface area contributed by atoms with Gasteiger partial charge in [0.15, 0.2) is 0 Å². The van der Waals surface area contributed by atoms with Crippen LogP contribution in [0.4, 0.5) is 10.7 Å². The van der Waals surface area contributed by atoms with Crippen LogP contribution in [0.2, 0.25) is 0 Å². The highest BCUT2D eigenvalue weighted by atomic mass is 32.1. The van der Waals surface area contributed by atoms with Crippen LogP contribution in [-0.2, 0) is 10.8 Å². The number of rotatable bonds is 3. The first-order valence-electron chi connectivity index (χ1n) is 10.6. The Morgan fingerprint density at radius 3 is 2.10 bits per heavy atom. The number of hydrogen-bond donors (Lipinski definition) is 1. The molecule has 1 N–H and O–H groups in total. The van der Waals surface area contributed by atoms with Gasteiger partial charge in [0.1, 0.15) is 5.00 Å². The Bertz CT molecular complexity index is 1170. The van der Waals surface area contributed by atoms with Crippen LogP contribution in [0.3, 0.4) is 0 Å². The molecule has 2 heteroatoms. The summed E-state index contributed by atoms with van der Waals surface area (Å²) in [5.41, 5.74) is 6.59. The van der Waals surface area contributed by atoms with Crippen molar-refractivity contribution in [2.45, 2.75) is 52.4 Å². The molecule has 154 valence electrons. The summed E-state index contributed by atoms with van der Waals surface area (Å²) in [7, 11) is 0. The van der Waals surface area contributed by atoms with Gasteiger partial charge >= 0.3 is 0 Å². The van der Waals surface area contributed by atoms with Crippen molar-refractivity contribution in [3.05, 3.63) is 83.2 Å². The Morgan fingerprint density at radius 1 is 0.700 bits per heavy atom. The van der Waals surface area contributed by atoms with Gasteiger partial charge < -0.3 is 5.32 Å². The lowest BCUT2D eigenvalue weighted by molar-refractivity contribution is 0.590. The molecule has 0 aliphatic carbocycles. The van der Waals surface area contributed by atoms with Gasteiger partial charge in [-0.25, -0.2) is 0 Å². The second-order valence-corrected chi connectivity index (χ2v) is 11.0. The molecule has 30 heavy (non-hydrogen) atoms. The summed E-state index contributed by atoms with van der Waals surface area (Å²) in [6.45, 7) is 13.7. The first-order valence-corrected chi connectivity index (χ1v) is 11.5. The molecule has 1 heterocycles. The number of benzene rings is 3. The maximum atomic E-state index is 3.80. The van der Waals surface area contributed by atoms with Crippen molar-refractivity contribution in [1.29, 1.82) is 0 Å². The number of thiophene rings is 1. The molecule has 1 aromatic heterocycles. The molecule has 4 aromatic rings. The lowest BCUT2D eigenvalue weighted by Crippen LogP contribution is -2.11. The minimum Gasteiger partial charge on any atom is -0.346 e. The monoisotopic (exact) mass is 413 g/mol. The average molecular weight is 414 g/mol. The predicted octanol–water partition coefficient (Wildman–Crippen LogP) is 8.91. The van der Waals surface area contributed by atoms with E-state index in [0.29, 0.717) is 0 Å². The van der Waals surface area contributed by atoms with Gasteiger partial charge in [0, 0.05) is 22.0 Å². The quantitative estimate of drug-likeness (QED) is 0.353. The van der Waals surface area contributed by atoms with Crippen molar-refractivity contribution < 1.29 is 0 Å². The highest BCUT2D eigenvalue weighted by Crippen LogP contribution is 2.41. The van der Waals surface area contributed by atoms with Crippen LogP contribution in [0, 0.1) is 0 Å². The van der Waals surface area contributed by atoms with E-state index in [2.05, 4.69) is 119 Å². The van der Waals surface area contributed by atoms with Crippen molar-refractivity contribution >= 4 is 32.8 Å². The zero-order chi connectivity index (χ0) is 21.5. The standard InChI is InChI=1S/C28H31NS/c1-27(2,3)20-15-16-21(19-11-8-7-9-12-19)25(17-20)29-26-22-13-10-14-24(28(4,5)6)23(22)18-30-26/h7-18,29H,1-6H3. The maximum Gasteiger partial charge on any atom is 0.101 e. The minimum atomic E-state index is 0.0998. The summed E-state index contributed by atoms with van der Waals surface area (Å²) in [5, 5.41) is 9.96. The van der Waals surface area contributed by atoms with Crippen LogP contribution in [0.25, 0.3) is 21.9 Å². The summed E-state index contributed by atoms with van der Waals surface area (Å²) in [5.74, 6) is 0. The number of nitrogens with one attached hydrogen (secondary N) is 1. The number of anilines is 2. The van der Waals surface area contributed by atoms with Crippen LogP contribution < -0.4 is 5.32 Å². The SMILES string of the molecule is CC(C)(C)c1ccc(-c2ccccc2)c(Nc2scc3c(C(C)(C)C)cccc23)c1. The van der Waals surface area contributed by atoms with Gasteiger partial charge in [-0.3, -0.25) is 0 Å². The zero-order valence-electron chi connectivity index (χ0n) is 18.8. The Kier molecular flexibility index (Phi) is 5.23. The van der Waals surface area contributed by atoms with Gasteiger partial charge in [0.25, 0.3) is 0 Å². The molecule has 0 amide bonds. The fraction of sp³-hybridized carbons (Fsp3) is 0.286. The van der Waals surface area contributed by atoms with Crippen molar-refractivity contribution in [1.82, 2.24) is 0 Å². The molecule has 0 atom stereocenters. The van der Waals surface area contributed by atoms with Crippen molar-refractivity contribution in [3.8, 4) is 11.1 Å². The van der Waals surface area contributed by atoms with E-state index in [-0.39, 0.29) is 10.8 Å². The highest BCUT2D eigenvalue weighted by molar-refractivity contribution is 7.16. The molecule has 0 unspecified atom stereocenters. The van der Waals surface area contributed by atoms with Crippen molar-refractivity contribution in [3.63, 3.8) is 0 Å². The first-order chi connectivity index (χ1) is 14.1. The van der Waals surface area contributed by atoms with Gasteiger partial charge in [0.2, 0.25) is 0 Å². The second-order valence-electron chi connectivity index (χ2n) is 10.1.